The Bertz CT molecular complexity index is 1230. The number of halogens is 2. The summed E-state index contributed by atoms with van der Waals surface area (Å²) in [5.74, 6) is -0.637. The summed E-state index contributed by atoms with van der Waals surface area (Å²) in [6.07, 6.45) is 0. The van der Waals surface area contributed by atoms with Crippen LogP contribution in [-0.4, -0.2) is 0 Å². The Morgan fingerprint density at radius 3 is 1.68 bits per heavy atom. The summed E-state index contributed by atoms with van der Waals surface area (Å²) in [5, 5.41) is 2.55. The van der Waals surface area contributed by atoms with E-state index in [0.717, 1.165) is 6.07 Å². The fraction of sp³-hybridized carbons (Fsp3) is 0. The van der Waals surface area contributed by atoms with Crippen LogP contribution in [0, 0.1) is 11.6 Å². The van der Waals surface area contributed by atoms with Crippen LogP contribution in [0.2, 0.25) is 0 Å². The summed E-state index contributed by atoms with van der Waals surface area (Å²) < 4.78 is 35.0. The van der Waals surface area contributed by atoms with E-state index in [9.17, 15) is 8.78 Å². The third kappa shape index (κ3) is 2.92. The van der Waals surface area contributed by atoms with Gasteiger partial charge in [0.05, 0.1) is 0 Å². The van der Waals surface area contributed by atoms with E-state index in [1.807, 2.05) is 24.3 Å². The largest absolute Gasteiger partial charge is 0.457 e. The van der Waals surface area contributed by atoms with Gasteiger partial charge in [-0.1, -0.05) is 24.3 Å². The van der Waals surface area contributed by atoms with Crippen LogP contribution < -0.4 is 4.74 Å². The second-order valence-electron chi connectivity index (χ2n) is 6.48. The van der Waals surface area contributed by atoms with E-state index < -0.39 is 11.6 Å². The highest BCUT2D eigenvalue weighted by Gasteiger charge is 2.22. The lowest BCUT2D eigenvalue weighted by Gasteiger charge is -2.05. The van der Waals surface area contributed by atoms with Gasteiger partial charge < -0.3 is 4.74 Å². The molecule has 1 heterocycles. The van der Waals surface area contributed by atoms with E-state index in [1.54, 1.807) is 0 Å². The lowest BCUT2D eigenvalue weighted by molar-refractivity contribution is 0.468. The lowest BCUT2D eigenvalue weighted by Crippen LogP contribution is -1.87. The van der Waals surface area contributed by atoms with Gasteiger partial charge in [-0.2, -0.15) is 0 Å². The lowest BCUT2D eigenvalue weighted by atomic mass is 10.2. The molecule has 0 saturated carbocycles. The van der Waals surface area contributed by atoms with Gasteiger partial charge in [-0.05, 0) is 36.4 Å². The van der Waals surface area contributed by atoms with Crippen LogP contribution in [-0.2, 0) is 0 Å². The first kappa shape index (κ1) is 16.9. The average Bonchev–Trinajstić information content (AvgIpc) is 3.03. The molecular formula is C24H15F2OS+. The highest BCUT2D eigenvalue weighted by Crippen LogP contribution is 2.48. The van der Waals surface area contributed by atoms with Crippen molar-refractivity contribution in [2.75, 3.05) is 0 Å². The van der Waals surface area contributed by atoms with Gasteiger partial charge in [-0.25, -0.2) is 8.78 Å². The third-order valence-corrected chi connectivity index (χ3v) is 6.97. The fourth-order valence-electron chi connectivity index (χ4n) is 3.47. The maximum Gasteiger partial charge on any atom is 0.187 e. The van der Waals surface area contributed by atoms with Crippen LogP contribution in [0.15, 0.2) is 91.0 Å². The maximum absolute atomic E-state index is 13.4. The Morgan fingerprint density at radius 2 is 1.11 bits per heavy atom. The van der Waals surface area contributed by atoms with E-state index in [1.165, 1.54) is 37.2 Å². The SMILES string of the molecule is Fc1cc(F)cc(Oc2ccc(-[s+]3c4ccccc4c4ccccc43)cc2)c1. The van der Waals surface area contributed by atoms with Gasteiger partial charge in [0.25, 0.3) is 0 Å². The zero-order valence-electron chi connectivity index (χ0n) is 14.7. The number of hydrogen-bond donors (Lipinski definition) is 0. The number of ether oxygens (including phenoxy) is 1. The van der Waals surface area contributed by atoms with Crippen molar-refractivity contribution in [2.45, 2.75) is 0 Å². The molecule has 5 aromatic rings. The summed E-state index contributed by atoms with van der Waals surface area (Å²) in [4.78, 5) is 1.18. The molecule has 28 heavy (non-hydrogen) atoms. The number of hydrogen-bond acceptors (Lipinski definition) is 1. The summed E-state index contributed by atoms with van der Waals surface area (Å²) in [6, 6.07) is 27.8. The van der Waals surface area contributed by atoms with Crippen molar-refractivity contribution in [1.82, 2.24) is 0 Å². The third-order valence-electron chi connectivity index (χ3n) is 4.64. The second-order valence-corrected chi connectivity index (χ2v) is 8.44. The average molecular weight is 389 g/mol. The van der Waals surface area contributed by atoms with Crippen molar-refractivity contribution >= 4 is 30.6 Å². The predicted molar refractivity (Wildman–Crippen MR) is 112 cm³/mol. The Morgan fingerprint density at radius 1 is 0.571 bits per heavy atom. The highest BCUT2D eigenvalue weighted by molar-refractivity contribution is 7.50. The normalized spacial score (nSPS) is 11.2. The van der Waals surface area contributed by atoms with E-state index in [-0.39, 0.29) is 16.2 Å². The minimum atomic E-state index is -0.660. The van der Waals surface area contributed by atoms with Crippen molar-refractivity contribution in [1.29, 1.82) is 0 Å². The molecule has 0 saturated heterocycles. The number of benzene rings is 4. The van der Waals surface area contributed by atoms with Gasteiger partial charge in [0.1, 0.15) is 23.1 Å². The molecule has 1 nitrogen and oxygen atoms in total. The van der Waals surface area contributed by atoms with Crippen LogP contribution in [0.5, 0.6) is 11.5 Å². The molecular weight excluding hydrogens is 374 g/mol. The molecule has 0 aliphatic rings. The molecule has 4 heteroatoms. The Hall–Kier alpha value is -3.24. The van der Waals surface area contributed by atoms with Gasteiger partial charge in [0.2, 0.25) is 0 Å². The molecule has 0 bridgehead atoms. The summed E-state index contributed by atoms with van der Waals surface area (Å²) in [6.45, 7) is 0. The van der Waals surface area contributed by atoms with E-state index in [0.29, 0.717) is 5.75 Å². The van der Waals surface area contributed by atoms with Crippen LogP contribution in [0.1, 0.15) is 0 Å². The van der Waals surface area contributed by atoms with Crippen LogP contribution >= 0.6 is 10.5 Å². The maximum atomic E-state index is 13.4. The number of rotatable bonds is 3. The first-order chi connectivity index (χ1) is 13.7. The van der Waals surface area contributed by atoms with Gasteiger partial charge in [0.15, 0.2) is 14.3 Å². The molecule has 0 radical (unpaired) electrons. The molecule has 0 unspecified atom stereocenters. The van der Waals surface area contributed by atoms with Gasteiger partial charge in [-0.15, -0.1) is 0 Å². The minimum absolute atomic E-state index is 0.143. The molecule has 0 aliphatic heterocycles. The molecule has 0 aliphatic carbocycles. The first-order valence-corrected chi connectivity index (χ1v) is 10.1. The molecule has 136 valence electrons. The van der Waals surface area contributed by atoms with Crippen molar-refractivity contribution in [3.63, 3.8) is 0 Å². The summed E-state index contributed by atoms with van der Waals surface area (Å²) in [5.41, 5.74) is 0. The highest BCUT2D eigenvalue weighted by atomic mass is 32.2. The predicted octanol–water partition coefficient (Wildman–Crippen LogP) is 7.80. The molecule has 1 aromatic heterocycles. The molecule has 0 N–H and O–H groups in total. The van der Waals surface area contributed by atoms with Crippen molar-refractivity contribution < 1.29 is 13.5 Å². The minimum Gasteiger partial charge on any atom is -0.457 e. The number of fused-ring (bicyclic) bond motifs is 3. The van der Waals surface area contributed by atoms with Crippen molar-refractivity contribution in [3.8, 4) is 16.4 Å². The van der Waals surface area contributed by atoms with Gasteiger partial charge in [0, 0.05) is 51.6 Å². The van der Waals surface area contributed by atoms with E-state index in [2.05, 4.69) is 48.5 Å². The van der Waals surface area contributed by atoms with Crippen LogP contribution in [0.3, 0.4) is 0 Å². The van der Waals surface area contributed by atoms with Crippen molar-refractivity contribution in [2.24, 2.45) is 0 Å². The summed E-state index contributed by atoms with van der Waals surface area (Å²) >= 11 is 0. The molecule has 5 rings (SSSR count). The summed E-state index contributed by atoms with van der Waals surface area (Å²) in [7, 11) is -0.178. The van der Waals surface area contributed by atoms with Crippen LogP contribution in [0.25, 0.3) is 25.1 Å². The molecule has 0 fully saturated rings. The standard InChI is InChI=1S/C24H15F2OS/c25-16-13-17(26)15-19(14-16)27-18-9-11-20(12-10-18)28-23-7-3-1-5-21(23)22-6-2-4-8-24(22)28/h1-15H/q+1. The van der Waals surface area contributed by atoms with Gasteiger partial charge >= 0.3 is 0 Å². The molecule has 0 atom stereocenters. The monoisotopic (exact) mass is 389 g/mol. The molecule has 4 aromatic carbocycles. The van der Waals surface area contributed by atoms with E-state index in [4.69, 9.17) is 4.74 Å². The van der Waals surface area contributed by atoms with Crippen LogP contribution in [0.4, 0.5) is 8.78 Å². The Labute approximate surface area is 163 Å². The fourth-order valence-corrected chi connectivity index (χ4v) is 5.85. The second kappa shape index (κ2) is 6.73. The zero-order chi connectivity index (χ0) is 19.1. The smallest absolute Gasteiger partial charge is 0.187 e. The molecule has 0 amide bonds. The van der Waals surface area contributed by atoms with Crippen molar-refractivity contribution in [3.05, 3.63) is 103 Å². The Kier molecular flexibility index (Phi) is 4.06. The van der Waals surface area contributed by atoms with E-state index >= 15 is 0 Å². The quantitative estimate of drug-likeness (QED) is 0.286. The first-order valence-electron chi connectivity index (χ1n) is 8.86. The zero-order valence-corrected chi connectivity index (χ0v) is 15.5. The topological polar surface area (TPSA) is 9.23 Å². The van der Waals surface area contributed by atoms with Gasteiger partial charge in [-0.3, -0.25) is 0 Å². The molecule has 0 spiro atoms. The number of thiophene rings is 1. The Balaban J connectivity index is 1.57.